The lowest BCUT2D eigenvalue weighted by Gasteiger charge is -2.09. The maximum Gasteiger partial charge on any atom is 0.00313 e. The first-order valence-electron chi connectivity index (χ1n) is 5.37. The molecule has 0 spiro atoms. The van der Waals surface area contributed by atoms with E-state index < -0.39 is 0 Å². The average molecular weight is 235 g/mol. The van der Waals surface area contributed by atoms with Crippen LogP contribution in [0.25, 0.3) is 0 Å². The zero-order valence-electron chi connectivity index (χ0n) is 8.61. The molecule has 0 fully saturated rings. The Labute approximate surface area is 86.3 Å². The third-order valence-electron chi connectivity index (χ3n) is 2.38. The van der Waals surface area contributed by atoms with Crippen LogP contribution in [0.1, 0.15) is 58.8 Å². The Morgan fingerprint density at radius 3 is 2.08 bits per heavy atom. The number of halogens is 1. The van der Waals surface area contributed by atoms with Gasteiger partial charge in [0.05, 0.1) is 0 Å². The highest BCUT2D eigenvalue weighted by Gasteiger charge is 2.00. The molecule has 0 aromatic heterocycles. The number of rotatable bonds is 8. The van der Waals surface area contributed by atoms with E-state index in [2.05, 4.69) is 29.8 Å². The molecule has 12 heavy (non-hydrogen) atoms. The molecular formula is C11H23Br. The molecule has 0 saturated carbocycles. The highest BCUT2D eigenvalue weighted by molar-refractivity contribution is 9.09. The summed E-state index contributed by atoms with van der Waals surface area (Å²) in [5.74, 6) is 0.954. The van der Waals surface area contributed by atoms with E-state index in [1.54, 1.807) is 0 Å². The molecule has 0 aliphatic carbocycles. The van der Waals surface area contributed by atoms with Crippen LogP contribution >= 0.6 is 15.9 Å². The number of hydrogen-bond acceptors (Lipinski definition) is 0. The molecule has 1 atom stereocenters. The smallest absolute Gasteiger partial charge is 0.00313 e. The molecule has 0 unspecified atom stereocenters. The van der Waals surface area contributed by atoms with E-state index in [9.17, 15) is 0 Å². The Morgan fingerprint density at radius 2 is 1.58 bits per heavy atom. The number of hydrogen-bond donors (Lipinski definition) is 0. The average Bonchev–Trinajstić information content (AvgIpc) is 2.06. The van der Waals surface area contributed by atoms with Crippen LogP contribution in [0.15, 0.2) is 0 Å². The van der Waals surface area contributed by atoms with E-state index in [-0.39, 0.29) is 0 Å². The minimum atomic E-state index is 0.954. The Bertz CT molecular complexity index is 71.1. The fraction of sp³-hybridized carbons (Fsp3) is 1.00. The molecule has 0 aliphatic rings. The molecule has 74 valence electrons. The number of alkyl halides is 1. The van der Waals surface area contributed by atoms with Gasteiger partial charge in [-0.2, -0.15) is 0 Å². The van der Waals surface area contributed by atoms with Crippen molar-refractivity contribution in [3.05, 3.63) is 0 Å². The largest absolute Gasteiger partial charge is 0.0928 e. The Kier molecular flexibility index (Phi) is 9.95. The summed E-state index contributed by atoms with van der Waals surface area (Å²) < 4.78 is 0. The van der Waals surface area contributed by atoms with Crippen molar-refractivity contribution in [2.24, 2.45) is 5.92 Å². The quantitative estimate of drug-likeness (QED) is 0.420. The topological polar surface area (TPSA) is 0 Å². The lowest BCUT2D eigenvalue weighted by atomic mass is 9.98. The van der Waals surface area contributed by atoms with E-state index in [0.29, 0.717) is 0 Å². The van der Waals surface area contributed by atoms with Crippen molar-refractivity contribution < 1.29 is 0 Å². The second-order valence-corrected chi connectivity index (χ2v) is 4.58. The molecule has 0 heterocycles. The summed E-state index contributed by atoms with van der Waals surface area (Å²) in [4.78, 5) is 0. The summed E-state index contributed by atoms with van der Waals surface area (Å²) in [6.45, 7) is 4.67. The Morgan fingerprint density at radius 1 is 1.00 bits per heavy atom. The van der Waals surface area contributed by atoms with Gasteiger partial charge in [0.2, 0.25) is 0 Å². The van der Waals surface area contributed by atoms with Crippen LogP contribution < -0.4 is 0 Å². The van der Waals surface area contributed by atoms with Crippen LogP contribution in [0.2, 0.25) is 0 Å². The molecule has 0 aliphatic heterocycles. The molecule has 0 saturated heterocycles. The summed E-state index contributed by atoms with van der Waals surface area (Å²) >= 11 is 3.46. The molecule has 1 heteroatoms. The van der Waals surface area contributed by atoms with E-state index in [0.717, 1.165) is 5.92 Å². The van der Waals surface area contributed by atoms with E-state index in [1.807, 2.05) is 0 Å². The van der Waals surface area contributed by atoms with Gasteiger partial charge in [-0.3, -0.25) is 0 Å². The first kappa shape index (κ1) is 12.5. The Hall–Kier alpha value is 0.480. The molecule has 0 radical (unpaired) electrons. The van der Waals surface area contributed by atoms with Crippen LogP contribution in [-0.2, 0) is 0 Å². The monoisotopic (exact) mass is 234 g/mol. The van der Waals surface area contributed by atoms with Crippen LogP contribution in [0.4, 0.5) is 0 Å². The van der Waals surface area contributed by atoms with Crippen molar-refractivity contribution in [3.63, 3.8) is 0 Å². The van der Waals surface area contributed by atoms with Crippen molar-refractivity contribution in [2.75, 3.05) is 5.33 Å². The second-order valence-electron chi connectivity index (χ2n) is 3.79. The highest BCUT2D eigenvalue weighted by Crippen LogP contribution is 2.15. The minimum Gasteiger partial charge on any atom is -0.0928 e. The van der Waals surface area contributed by atoms with Crippen LogP contribution in [0.5, 0.6) is 0 Å². The van der Waals surface area contributed by atoms with Crippen molar-refractivity contribution in [3.8, 4) is 0 Å². The first-order chi connectivity index (χ1) is 5.81. The van der Waals surface area contributed by atoms with E-state index in [4.69, 9.17) is 0 Å². The normalized spacial score (nSPS) is 13.2. The molecule has 0 bridgehead atoms. The summed E-state index contributed by atoms with van der Waals surface area (Å²) in [5, 5.41) is 1.18. The second kappa shape index (κ2) is 9.57. The maximum absolute atomic E-state index is 3.46. The standard InChI is InChI=1S/C11H23Br/c1-3-4-5-8-11(2)9-6-7-10-12/h11H,3-10H2,1-2H3/t11-/m1/s1. The van der Waals surface area contributed by atoms with Gasteiger partial charge >= 0.3 is 0 Å². The molecule has 0 N–H and O–H groups in total. The molecule has 0 aromatic rings. The summed E-state index contributed by atoms with van der Waals surface area (Å²) in [5.41, 5.74) is 0. The van der Waals surface area contributed by atoms with E-state index >= 15 is 0 Å². The Balaban J connectivity index is 3.04. The van der Waals surface area contributed by atoms with Gasteiger partial charge in [-0.15, -0.1) is 0 Å². The van der Waals surface area contributed by atoms with E-state index in [1.165, 1.54) is 50.3 Å². The van der Waals surface area contributed by atoms with Gasteiger partial charge in [0.25, 0.3) is 0 Å². The summed E-state index contributed by atoms with van der Waals surface area (Å²) in [6, 6.07) is 0. The predicted molar refractivity (Wildman–Crippen MR) is 61.0 cm³/mol. The van der Waals surface area contributed by atoms with Crippen LogP contribution in [0.3, 0.4) is 0 Å². The van der Waals surface area contributed by atoms with Gasteiger partial charge < -0.3 is 0 Å². The fourth-order valence-electron chi connectivity index (χ4n) is 1.47. The van der Waals surface area contributed by atoms with Crippen molar-refractivity contribution in [2.45, 2.75) is 58.8 Å². The summed E-state index contributed by atoms with van der Waals surface area (Å²) in [6.07, 6.45) is 9.82. The highest BCUT2D eigenvalue weighted by atomic mass is 79.9. The lowest BCUT2D eigenvalue weighted by molar-refractivity contribution is 0.449. The van der Waals surface area contributed by atoms with Gasteiger partial charge in [-0.25, -0.2) is 0 Å². The van der Waals surface area contributed by atoms with Crippen LogP contribution in [0, 0.1) is 5.92 Å². The third kappa shape index (κ3) is 8.58. The minimum absolute atomic E-state index is 0.954. The zero-order chi connectivity index (χ0) is 9.23. The van der Waals surface area contributed by atoms with Gasteiger partial charge in [-0.05, 0) is 12.3 Å². The van der Waals surface area contributed by atoms with Gasteiger partial charge in [0, 0.05) is 5.33 Å². The third-order valence-corrected chi connectivity index (χ3v) is 2.94. The van der Waals surface area contributed by atoms with Crippen LogP contribution in [-0.4, -0.2) is 5.33 Å². The molecule has 0 nitrogen and oxygen atoms in total. The van der Waals surface area contributed by atoms with Crippen molar-refractivity contribution in [1.82, 2.24) is 0 Å². The van der Waals surface area contributed by atoms with Gasteiger partial charge in [-0.1, -0.05) is 68.3 Å². The molecule has 0 amide bonds. The van der Waals surface area contributed by atoms with Gasteiger partial charge in [0.15, 0.2) is 0 Å². The molecule has 0 rings (SSSR count). The maximum atomic E-state index is 3.46. The van der Waals surface area contributed by atoms with Gasteiger partial charge in [0.1, 0.15) is 0 Å². The summed E-state index contributed by atoms with van der Waals surface area (Å²) in [7, 11) is 0. The predicted octanol–water partition coefficient (Wildman–Crippen LogP) is 4.77. The fourth-order valence-corrected chi connectivity index (χ4v) is 1.87. The zero-order valence-corrected chi connectivity index (χ0v) is 10.2. The van der Waals surface area contributed by atoms with Crippen molar-refractivity contribution in [1.29, 1.82) is 0 Å². The number of unbranched alkanes of at least 4 members (excludes halogenated alkanes) is 3. The molecule has 0 aromatic carbocycles. The lowest BCUT2D eigenvalue weighted by Crippen LogP contribution is -1.94. The SMILES string of the molecule is CCCCC[C@@H](C)CCCCBr. The first-order valence-corrected chi connectivity index (χ1v) is 6.49. The van der Waals surface area contributed by atoms with Crippen molar-refractivity contribution >= 4 is 15.9 Å². The molecular weight excluding hydrogens is 212 g/mol.